The van der Waals surface area contributed by atoms with Gasteiger partial charge in [-0.1, -0.05) is 75.2 Å². The lowest BCUT2D eigenvalue weighted by Gasteiger charge is -2.35. The van der Waals surface area contributed by atoms with Crippen LogP contribution in [-0.4, -0.2) is 94.1 Å². The van der Waals surface area contributed by atoms with Crippen molar-refractivity contribution in [1.29, 1.82) is 5.26 Å². The second-order valence-electron chi connectivity index (χ2n) is 15.1. The number of nitrogens with one attached hydrogen (secondary N) is 2. The van der Waals surface area contributed by atoms with E-state index in [9.17, 15) is 18.3 Å². The molecule has 3 N–H and O–H groups in total. The number of para-hydroxylation sites is 1. The smallest absolute Gasteiger partial charge is 0.407 e. The van der Waals surface area contributed by atoms with Crippen LogP contribution in [0.2, 0.25) is 0 Å². The molecule has 306 valence electrons. The van der Waals surface area contributed by atoms with E-state index in [1.54, 1.807) is 24.4 Å². The SMILES string of the molecule is CC(C)(CCCCCN/C(=N/C#N)Oc1ccccc1)CN(C[C@@H](O)[C@H](Cc1ccccc1)NC(=O)O[C@H]1CO[C@H]2OCC[C@H]21)S(=O)(=O)c1ccc2c(c1)OCO2. The third-order valence-corrected chi connectivity index (χ3v) is 12.0. The molecule has 0 unspecified atom stereocenters. The highest BCUT2D eigenvalue weighted by Crippen LogP contribution is 2.36. The number of rotatable bonds is 18. The van der Waals surface area contributed by atoms with Crippen LogP contribution in [0.1, 0.15) is 51.5 Å². The van der Waals surface area contributed by atoms with Gasteiger partial charge in [-0.3, -0.25) is 0 Å². The number of unbranched alkanes of at least 4 members (excludes halogenated alkanes) is 2. The van der Waals surface area contributed by atoms with Crippen molar-refractivity contribution in [2.45, 2.75) is 81.8 Å². The quantitative estimate of drug-likeness (QED) is 0.0680. The summed E-state index contributed by atoms with van der Waals surface area (Å²) in [6.07, 6.45) is 2.74. The molecule has 0 bridgehead atoms. The Bertz CT molecular complexity index is 1960. The van der Waals surface area contributed by atoms with Crippen LogP contribution in [0, 0.1) is 22.8 Å². The van der Waals surface area contributed by atoms with Crippen molar-refractivity contribution in [2.24, 2.45) is 16.3 Å². The van der Waals surface area contributed by atoms with E-state index in [0.29, 0.717) is 43.2 Å². The van der Waals surface area contributed by atoms with Crippen LogP contribution in [0.15, 0.2) is 88.8 Å². The van der Waals surface area contributed by atoms with Crippen LogP contribution >= 0.6 is 0 Å². The molecule has 2 fully saturated rings. The molecule has 1 amide bonds. The molecule has 3 aromatic carbocycles. The van der Waals surface area contributed by atoms with Gasteiger partial charge < -0.3 is 44.2 Å². The highest BCUT2D eigenvalue weighted by atomic mass is 32.2. The Hall–Kier alpha value is -4.92. The number of nitriles is 1. The maximum absolute atomic E-state index is 14.5. The first-order valence-electron chi connectivity index (χ1n) is 19.3. The lowest BCUT2D eigenvalue weighted by molar-refractivity contribution is -0.0907. The van der Waals surface area contributed by atoms with E-state index in [0.717, 1.165) is 24.8 Å². The van der Waals surface area contributed by atoms with Crippen molar-refractivity contribution in [2.75, 3.05) is 39.6 Å². The van der Waals surface area contributed by atoms with Gasteiger partial charge in [0.2, 0.25) is 23.0 Å². The van der Waals surface area contributed by atoms with Crippen molar-refractivity contribution in [3.8, 4) is 23.4 Å². The van der Waals surface area contributed by atoms with Crippen molar-refractivity contribution < 1.29 is 46.7 Å². The summed E-state index contributed by atoms with van der Waals surface area (Å²) < 4.78 is 63.8. The second kappa shape index (κ2) is 19.5. The number of carbonyl (C=O) groups excluding carboxylic acids is 1. The molecule has 2 saturated heterocycles. The van der Waals surface area contributed by atoms with Gasteiger partial charge in [0.05, 0.1) is 36.2 Å². The normalized spacial score (nSPS) is 20.1. The minimum absolute atomic E-state index is 0.00469. The summed E-state index contributed by atoms with van der Waals surface area (Å²) >= 11 is 0. The van der Waals surface area contributed by atoms with E-state index in [2.05, 4.69) is 15.6 Å². The average molecular weight is 806 g/mol. The third kappa shape index (κ3) is 11.6. The molecule has 0 radical (unpaired) electrons. The summed E-state index contributed by atoms with van der Waals surface area (Å²) in [5.41, 5.74) is 0.317. The Morgan fingerprint density at radius 3 is 2.56 bits per heavy atom. The topological polar surface area (TPSA) is 190 Å². The van der Waals surface area contributed by atoms with Crippen molar-refractivity contribution in [1.82, 2.24) is 14.9 Å². The Morgan fingerprint density at radius 1 is 1.04 bits per heavy atom. The van der Waals surface area contributed by atoms with Crippen LogP contribution in [0.5, 0.6) is 17.2 Å². The first kappa shape index (κ1) is 41.7. The number of carbonyl (C=O) groups is 1. The van der Waals surface area contributed by atoms with Crippen LogP contribution in [-0.2, 0) is 30.7 Å². The van der Waals surface area contributed by atoms with Crippen LogP contribution in [0.3, 0.4) is 0 Å². The first-order valence-corrected chi connectivity index (χ1v) is 20.7. The number of nitrogens with zero attached hydrogens (tertiary/aromatic N) is 3. The molecule has 0 saturated carbocycles. The minimum atomic E-state index is -4.19. The molecule has 57 heavy (non-hydrogen) atoms. The fraction of sp³-hybridized carbons (Fsp3) is 0.488. The summed E-state index contributed by atoms with van der Waals surface area (Å²) in [6, 6.07) is 22.1. The summed E-state index contributed by atoms with van der Waals surface area (Å²) in [4.78, 5) is 17.1. The van der Waals surface area contributed by atoms with Gasteiger partial charge in [0.25, 0.3) is 0 Å². The number of aliphatic imine (C=N–C) groups is 1. The number of amides is 1. The van der Waals surface area contributed by atoms with Crippen LogP contribution in [0.25, 0.3) is 0 Å². The number of benzene rings is 3. The van der Waals surface area contributed by atoms with Crippen LogP contribution < -0.4 is 24.8 Å². The highest BCUT2D eigenvalue weighted by molar-refractivity contribution is 7.89. The Balaban J connectivity index is 1.12. The highest BCUT2D eigenvalue weighted by Gasteiger charge is 2.44. The molecule has 3 aliphatic heterocycles. The average Bonchev–Trinajstić information content (AvgIpc) is 3.95. The number of aliphatic hydroxyl groups is 1. The van der Waals surface area contributed by atoms with E-state index in [4.69, 9.17) is 33.7 Å². The summed E-state index contributed by atoms with van der Waals surface area (Å²) in [7, 11) is -4.19. The molecule has 6 rings (SSSR count). The molecule has 16 heteroatoms. The van der Waals surface area contributed by atoms with E-state index in [1.165, 1.54) is 16.4 Å². The molecule has 0 aromatic heterocycles. The lowest BCUT2D eigenvalue weighted by Crippen LogP contribution is -2.52. The van der Waals surface area contributed by atoms with E-state index in [1.807, 2.05) is 62.4 Å². The number of ether oxygens (including phenoxy) is 6. The van der Waals surface area contributed by atoms with Gasteiger partial charge in [-0.2, -0.15) is 9.57 Å². The molecule has 5 atom stereocenters. The molecular weight excluding hydrogens is 755 g/mol. The molecule has 15 nitrogen and oxygen atoms in total. The van der Waals surface area contributed by atoms with Gasteiger partial charge in [-0.25, -0.2) is 13.2 Å². The zero-order valence-electron chi connectivity index (χ0n) is 32.2. The predicted molar refractivity (Wildman–Crippen MR) is 209 cm³/mol. The number of alkyl carbamates (subject to hydrolysis) is 1. The minimum Gasteiger partial charge on any atom is -0.454 e. The summed E-state index contributed by atoms with van der Waals surface area (Å²) in [5, 5.41) is 26.9. The Kier molecular flexibility index (Phi) is 14.3. The number of hydrogen-bond donors (Lipinski definition) is 3. The fourth-order valence-electron chi connectivity index (χ4n) is 7.19. The number of aliphatic hydroxyl groups excluding tert-OH is 1. The monoisotopic (exact) mass is 805 g/mol. The molecular formula is C41H51N5O10S. The standard InChI is InChI=1S/C41H51N5O10S/c1-41(2,19-10-5-11-20-43-39(44-27-42)55-30-14-8-4-9-15-30)26-46(57(49,50)31-16-17-35-36(23-31)54-28-53-35)24-34(47)33(22-29-12-6-3-7-13-29)45-40(48)56-37-25-52-38-32(37)18-21-51-38/h3-4,6-9,12-17,23,32-34,37-38,47H,5,10-11,18-22,24-26,28H2,1-2H3,(H,43,44)(H,45,48)/t32-,33-,34+,37-,38+/m0/s1. The second-order valence-corrected chi connectivity index (χ2v) is 17.1. The van der Waals surface area contributed by atoms with Gasteiger partial charge in [0, 0.05) is 25.7 Å². The molecule has 0 aliphatic carbocycles. The maximum atomic E-state index is 14.5. The summed E-state index contributed by atoms with van der Waals surface area (Å²) in [6.45, 7) is 4.99. The van der Waals surface area contributed by atoms with Gasteiger partial charge in [0.15, 0.2) is 17.8 Å². The van der Waals surface area contributed by atoms with E-state index < -0.39 is 46.1 Å². The zero-order chi connectivity index (χ0) is 40.3. The third-order valence-electron chi connectivity index (χ3n) is 10.2. The van der Waals surface area contributed by atoms with Crippen molar-refractivity contribution >= 4 is 22.1 Å². The fourth-order valence-corrected chi connectivity index (χ4v) is 8.86. The Labute approximate surface area is 333 Å². The van der Waals surface area contributed by atoms with Gasteiger partial charge >= 0.3 is 12.1 Å². The van der Waals surface area contributed by atoms with Crippen molar-refractivity contribution in [3.63, 3.8) is 0 Å². The van der Waals surface area contributed by atoms with E-state index >= 15 is 0 Å². The Morgan fingerprint density at radius 2 is 1.79 bits per heavy atom. The molecule has 3 aliphatic rings. The summed E-state index contributed by atoms with van der Waals surface area (Å²) in [5.74, 6) is 1.25. The number of amidine groups is 1. The zero-order valence-corrected chi connectivity index (χ0v) is 33.1. The first-order chi connectivity index (χ1) is 27.5. The van der Waals surface area contributed by atoms with Crippen molar-refractivity contribution in [3.05, 3.63) is 84.4 Å². The number of sulfonamides is 1. The van der Waals surface area contributed by atoms with Gasteiger partial charge in [-0.15, -0.1) is 4.99 Å². The van der Waals surface area contributed by atoms with E-state index in [-0.39, 0.29) is 49.7 Å². The number of hydrogen-bond acceptors (Lipinski definition) is 12. The molecule has 3 aromatic rings. The largest absolute Gasteiger partial charge is 0.454 e. The van der Waals surface area contributed by atoms with Gasteiger partial charge in [0.1, 0.15) is 11.9 Å². The van der Waals surface area contributed by atoms with Gasteiger partial charge in [-0.05, 0) is 60.9 Å². The maximum Gasteiger partial charge on any atom is 0.407 e. The predicted octanol–water partition coefficient (Wildman–Crippen LogP) is 4.96. The van der Waals surface area contributed by atoms with Crippen LogP contribution in [0.4, 0.5) is 4.79 Å². The molecule has 0 spiro atoms. The lowest BCUT2D eigenvalue weighted by atomic mass is 9.86. The molecule has 3 heterocycles. The number of fused-ring (bicyclic) bond motifs is 2.